The molecule has 0 radical (unpaired) electrons. The summed E-state index contributed by atoms with van der Waals surface area (Å²) in [5.74, 6) is 2.49. The number of carbonyl (C=O) groups excluding carboxylic acids is 1. The molecule has 1 atom stereocenters. The fraction of sp³-hybridized carbons (Fsp3) is 0.594. The molecule has 2 aromatic rings. The van der Waals surface area contributed by atoms with Crippen molar-refractivity contribution in [1.82, 2.24) is 0 Å². The van der Waals surface area contributed by atoms with Crippen LogP contribution in [0.3, 0.4) is 0 Å². The van der Waals surface area contributed by atoms with E-state index in [2.05, 4.69) is 20.8 Å². The van der Waals surface area contributed by atoms with Crippen LogP contribution in [0, 0.1) is 0 Å². The SMILES string of the molecule is CCCCCCOc1cc(OCCCCCC)c(PC(=O)c2c(Cl)cccc2OC)c(OCCCCCC)c1.[H-].[Li+]. The van der Waals surface area contributed by atoms with Gasteiger partial charge in [0, 0.05) is 12.1 Å². The monoisotopic (exact) mass is 586 g/mol. The van der Waals surface area contributed by atoms with E-state index in [0.717, 1.165) is 62.4 Å². The third kappa shape index (κ3) is 13.1. The summed E-state index contributed by atoms with van der Waals surface area (Å²) in [7, 11) is 1.31. The van der Waals surface area contributed by atoms with Crippen LogP contribution in [0.5, 0.6) is 23.0 Å². The molecule has 0 saturated carbocycles. The number of ether oxygens (including phenoxy) is 4. The number of unbranched alkanes of at least 4 members (excludes halogenated alkanes) is 9. The minimum absolute atomic E-state index is 0. The summed E-state index contributed by atoms with van der Waals surface area (Å²) >= 11 is 6.45. The Labute approximate surface area is 262 Å². The molecule has 8 heteroatoms. The molecule has 0 N–H and O–H groups in total. The molecule has 0 aliphatic heterocycles. The van der Waals surface area contributed by atoms with Crippen LogP contribution in [-0.2, 0) is 0 Å². The Morgan fingerprint density at radius 3 is 1.73 bits per heavy atom. The first-order chi connectivity index (χ1) is 19.0. The molecule has 2 rings (SSSR count). The van der Waals surface area contributed by atoms with Crippen molar-refractivity contribution in [2.24, 2.45) is 0 Å². The van der Waals surface area contributed by atoms with Gasteiger partial charge in [0.15, 0.2) is 5.52 Å². The molecule has 0 saturated heterocycles. The largest absolute Gasteiger partial charge is 1.00 e. The van der Waals surface area contributed by atoms with E-state index in [-0.39, 0.29) is 34.4 Å². The summed E-state index contributed by atoms with van der Waals surface area (Å²) in [6, 6.07) is 9.10. The molecule has 220 valence electrons. The van der Waals surface area contributed by atoms with Crippen LogP contribution < -0.4 is 43.1 Å². The topological polar surface area (TPSA) is 54.0 Å². The second-order valence-electron chi connectivity index (χ2n) is 9.79. The Morgan fingerprint density at radius 1 is 0.750 bits per heavy atom. The first kappa shape index (κ1) is 36.7. The number of hydrogen-bond acceptors (Lipinski definition) is 5. The predicted octanol–water partition coefficient (Wildman–Crippen LogP) is 6.49. The Kier molecular flexibility index (Phi) is 20.4. The molecule has 2 aromatic carbocycles. The maximum atomic E-state index is 13.6. The molecule has 5 nitrogen and oxygen atoms in total. The summed E-state index contributed by atoms with van der Waals surface area (Å²) < 4.78 is 24.2. The van der Waals surface area contributed by atoms with Crippen LogP contribution >= 0.6 is 20.2 Å². The summed E-state index contributed by atoms with van der Waals surface area (Å²) in [6.45, 7) is 8.39. The molecule has 0 amide bonds. The van der Waals surface area contributed by atoms with Gasteiger partial charge in [-0.3, -0.25) is 4.79 Å². The van der Waals surface area contributed by atoms with Gasteiger partial charge in [-0.15, -0.1) is 0 Å². The zero-order valence-electron chi connectivity index (χ0n) is 26.4. The smallest absolute Gasteiger partial charge is 1.00 e. The van der Waals surface area contributed by atoms with Crippen molar-refractivity contribution in [1.29, 1.82) is 0 Å². The Morgan fingerprint density at radius 2 is 1.25 bits per heavy atom. The maximum Gasteiger partial charge on any atom is 1.00 e. The fourth-order valence-electron chi connectivity index (χ4n) is 4.21. The van der Waals surface area contributed by atoms with E-state index in [1.807, 2.05) is 12.1 Å². The zero-order valence-corrected chi connectivity index (χ0v) is 27.2. The van der Waals surface area contributed by atoms with Gasteiger partial charge >= 0.3 is 18.9 Å². The average molecular weight is 587 g/mol. The standard InChI is InChI=1S/C32H48ClO5P.Li.H/c1-5-8-11-14-20-36-25-23-28(37-21-15-12-9-6-2)31(29(24-25)38-22-16-13-10-7-3)39-32(34)30-26(33)18-17-19-27(30)35-4;;/h17-19,23-24,39H,5-16,20-22H2,1-4H3;;/q;+1;-1. The fourth-order valence-corrected chi connectivity index (χ4v) is 5.69. The van der Waals surface area contributed by atoms with E-state index < -0.39 is 0 Å². The summed E-state index contributed by atoms with van der Waals surface area (Å²) in [4.78, 5) is 13.6. The number of rotatable bonds is 22. The Balaban J connectivity index is 0.00000800. The van der Waals surface area contributed by atoms with Gasteiger partial charge in [-0.05, 0) is 40.0 Å². The van der Waals surface area contributed by atoms with Crippen LogP contribution in [0.1, 0.15) is 110 Å². The van der Waals surface area contributed by atoms with E-state index in [4.69, 9.17) is 30.5 Å². The van der Waals surface area contributed by atoms with E-state index in [0.29, 0.717) is 47.7 Å². The molecule has 1 unspecified atom stereocenters. The summed E-state index contributed by atoms with van der Waals surface area (Å²) in [5, 5.41) is 1.13. The molecular weight excluding hydrogens is 538 g/mol. The minimum Gasteiger partial charge on any atom is -1.00 e. The van der Waals surface area contributed by atoms with Crippen LogP contribution in [0.25, 0.3) is 0 Å². The summed E-state index contributed by atoms with van der Waals surface area (Å²) in [5.41, 5.74) is 0.274. The van der Waals surface area contributed by atoms with Gasteiger partial charge < -0.3 is 20.4 Å². The normalized spacial score (nSPS) is 10.9. The molecule has 0 spiro atoms. The van der Waals surface area contributed by atoms with Crippen molar-refractivity contribution < 1.29 is 44.0 Å². The third-order valence-corrected chi connectivity index (χ3v) is 8.01. The first-order valence-electron chi connectivity index (χ1n) is 14.8. The van der Waals surface area contributed by atoms with Gasteiger partial charge in [-0.1, -0.05) is 96.2 Å². The summed E-state index contributed by atoms with van der Waals surface area (Å²) in [6.07, 6.45) is 13.4. The molecule has 0 heterocycles. The van der Waals surface area contributed by atoms with Crippen molar-refractivity contribution in [3.63, 3.8) is 0 Å². The Bertz CT molecular complexity index is 960. The van der Waals surface area contributed by atoms with Crippen LogP contribution in [0.2, 0.25) is 5.02 Å². The van der Waals surface area contributed by atoms with Gasteiger partial charge in [0.05, 0.1) is 42.8 Å². The molecule has 0 aromatic heterocycles. The van der Waals surface area contributed by atoms with Gasteiger partial charge in [-0.2, -0.15) is 0 Å². The van der Waals surface area contributed by atoms with Crippen LogP contribution in [0.4, 0.5) is 0 Å². The molecule has 0 fully saturated rings. The van der Waals surface area contributed by atoms with Crippen molar-refractivity contribution >= 4 is 31.0 Å². The van der Waals surface area contributed by atoms with E-state index in [1.165, 1.54) is 25.7 Å². The van der Waals surface area contributed by atoms with Gasteiger partial charge in [0.25, 0.3) is 0 Å². The van der Waals surface area contributed by atoms with Gasteiger partial charge in [0.1, 0.15) is 23.0 Å². The number of hydrogen-bond donors (Lipinski definition) is 0. The molecule has 0 bridgehead atoms. The molecule has 0 aliphatic carbocycles. The van der Waals surface area contributed by atoms with E-state index >= 15 is 0 Å². The van der Waals surface area contributed by atoms with Crippen molar-refractivity contribution in [3.8, 4) is 23.0 Å². The van der Waals surface area contributed by atoms with Crippen LogP contribution in [0.15, 0.2) is 30.3 Å². The quantitative estimate of drug-likeness (QED) is 0.0897. The molecule has 0 aliphatic rings. The molecular formula is C32H49ClLiO5P. The molecule has 40 heavy (non-hydrogen) atoms. The second-order valence-corrected chi connectivity index (χ2v) is 11.4. The second kappa shape index (κ2) is 22.3. The van der Waals surface area contributed by atoms with Crippen LogP contribution in [-0.4, -0.2) is 32.5 Å². The van der Waals surface area contributed by atoms with Gasteiger partial charge in [-0.25, -0.2) is 0 Å². The van der Waals surface area contributed by atoms with Crippen molar-refractivity contribution in [2.45, 2.75) is 97.8 Å². The predicted molar refractivity (Wildman–Crippen MR) is 167 cm³/mol. The number of carbonyl (C=O) groups is 1. The maximum absolute atomic E-state index is 13.6. The zero-order chi connectivity index (χ0) is 28.3. The third-order valence-electron chi connectivity index (χ3n) is 6.48. The number of halogens is 1. The van der Waals surface area contributed by atoms with Crippen molar-refractivity contribution in [3.05, 3.63) is 40.9 Å². The number of benzene rings is 2. The van der Waals surface area contributed by atoms with E-state index in [9.17, 15) is 4.79 Å². The first-order valence-corrected chi connectivity index (χ1v) is 16.1. The Hall–Kier alpha value is -1.37. The van der Waals surface area contributed by atoms with Gasteiger partial charge in [0.2, 0.25) is 0 Å². The van der Waals surface area contributed by atoms with E-state index in [1.54, 1.807) is 25.3 Å². The minimum atomic E-state index is -0.237. The van der Waals surface area contributed by atoms with Crippen molar-refractivity contribution in [2.75, 3.05) is 26.9 Å². The number of methoxy groups -OCH3 is 1. The average Bonchev–Trinajstić information content (AvgIpc) is 2.93.